The van der Waals surface area contributed by atoms with Crippen LogP contribution in [0.1, 0.15) is 52.7 Å². The minimum Gasteiger partial charge on any atom is -0.492 e. The second-order valence-corrected chi connectivity index (χ2v) is 5.90. The lowest BCUT2D eigenvalue weighted by atomic mass is 9.77. The van der Waals surface area contributed by atoms with Crippen molar-refractivity contribution in [3.8, 4) is 5.75 Å². The molecule has 1 aromatic heterocycles. The number of rotatable bonds is 5. The molecule has 0 aliphatic heterocycles. The minimum atomic E-state index is -0.511. The summed E-state index contributed by atoms with van der Waals surface area (Å²) in [7, 11) is 0. The van der Waals surface area contributed by atoms with E-state index in [4.69, 9.17) is 4.74 Å². The summed E-state index contributed by atoms with van der Waals surface area (Å²) in [5.74, 6) is 0.884. The Morgan fingerprint density at radius 3 is 2.56 bits per heavy atom. The maximum atomic E-state index is 10.4. The summed E-state index contributed by atoms with van der Waals surface area (Å²) >= 11 is 0. The van der Waals surface area contributed by atoms with Gasteiger partial charge in [-0.1, -0.05) is 34.6 Å². The van der Waals surface area contributed by atoms with Crippen LogP contribution in [-0.4, -0.2) is 16.7 Å². The van der Waals surface area contributed by atoms with Gasteiger partial charge < -0.3 is 9.84 Å². The molecule has 1 rings (SSSR count). The summed E-state index contributed by atoms with van der Waals surface area (Å²) in [6.07, 6.45) is 3.85. The molecule has 102 valence electrons. The maximum absolute atomic E-state index is 10.4. The molecule has 0 radical (unpaired) electrons. The Bertz CT molecular complexity index is 371. The molecule has 1 N–H and O–H groups in total. The van der Waals surface area contributed by atoms with E-state index in [9.17, 15) is 5.11 Å². The van der Waals surface area contributed by atoms with Crippen LogP contribution in [0.25, 0.3) is 0 Å². The van der Waals surface area contributed by atoms with Crippen LogP contribution in [0.2, 0.25) is 0 Å². The number of aromatic nitrogens is 1. The van der Waals surface area contributed by atoms with E-state index in [-0.39, 0.29) is 11.3 Å². The fourth-order valence-electron chi connectivity index (χ4n) is 1.66. The van der Waals surface area contributed by atoms with Gasteiger partial charge in [0.1, 0.15) is 5.75 Å². The molecule has 1 heterocycles. The van der Waals surface area contributed by atoms with Crippen molar-refractivity contribution in [2.45, 2.75) is 47.1 Å². The summed E-state index contributed by atoms with van der Waals surface area (Å²) in [6, 6.07) is 1.88. The SMILES string of the molecule is CCCOc1cncc(C(O)C(C)C(C)(C)C)c1. The highest BCUT2D eigenvalue weighted by atomic mass is 16.5. The molecule has 0 aliphatic rings. The van der Waals surface area contributed by atoms with Gasteiger partial charge in [0.15, 0.2) is 0 Å². The number of aliphatic hydroxyl groups is 1. The zero-order valence-corrected chi connectivity index (χ0v) is 12.1. The van der Waals surface area contributed by atoms with Crippen LogP contribution in [0.15, 0.2) is 18.5 Å². The van der Waals surface area contributed by atoms with Crippen LogP contribution in [0, 0.1) is 11.3 Å². The van der Waals surface area contributed by atoms with Crippen molar-refractivity contribution in [3.63, 3.8) is 0 Å². The lowest BCUT2D eigenvalue weighted by molar-refractivity contribution is 0.0530. The highest BCUT2D eigenvalue weighted by Gasteiger charge is 2.28. The van der Waals surface area contributed by atoms with Gasteiger partial charge in [0.05, 0.1) is 18.9 Å². The average Bonchev–Trinajstić information content (AvgIpc) is 2.33. The predicted molar refractivity (Wildman–Crippen MR) is 73.6 cm³/mol. The van der Waals surface area contributed by atoms with Crippen LogP contribution in [0.4, 0.5) is 0 Å². The smallest absolute Gasteiger partial charge is 0.137 e. The van der Waals surface area contributed by atoms with Gasteiger partial charge in [-0.25, -0.2) is 0 Å². The van der Waals surface area contributed by atoms with Gasteiger partial charge in [-0.2, -0.15) is 0 Å². The Hall–Kier alpha value is -1.09. The van der Waals surface area contributed by atoms with Gasteiger partial charge in [-0.15, -0.1) is 0 Å². The zero-order chi connectivity index (χ0) is 13.8. The number of nitrogens with zero attached hydrogens (tertiary/aromatic N) is 1. The first-order valence-corrected chi connectivity index (χ1v) is 6.62. The van der Waals surface area contributed by atoms with Gasteiger partial charge in [-0.05, 0) is 23.8 Å². The maximum Gasteiger partial charge on any atom is 0.137 e. The molecule has 3 nitrogen and oxygen atoms in total. The molecule has 2 atom stereocenters. The van der Waals surface area contributed by atoms with Crippen molar-refractivity contribution >= 4 is 0 Å². The van der Waals surface area contributed by atoms with E-state index in [1.165, 1.54) is 0 Å². The molecular formula is C15H25NO2. The number of pyridine rings is 1. The fourth-order valence-corrected chi connectivity index (χ4v) is 1.66. The molecule has 0 spiro atoms. The van der Waals surface area contributed by atoms with E-state index >= 15 is 0 Å². The molecular weight excluding hydrogens is 226 g/mol. The van der Waals surface area contributed by atoms with Crippen LogP contribution in [0.5, 0.6) is 5.75 Å². The van der Waals surface area contributed by atoms with Gasteiger partial charge in [0.25, 0.3) is 0 Å². The van der Waals surface area contributed by atoms with Crippen molar-refractivity contribution < 1.29 is 9.84 Å². The second kappa shape index (κ2) is 6.19. The van der Waals surface area contributed by atoms with Crippen LogP contribution in [0.3, 0.4) is 0 Å². The third kappa shape index (κ3) is 3.98. The summed E-state index contributed by atoms with van der Waals surface area (Å²) in [6.45, 7) is 11.2. The van der Waals surface area contributed by atoms with Crippen molar-refractivity contribution in [2.75, 3.05) is 6.61 Å². The molecule has 0 saturated heterocycles. The molecule has 2 unspecified atom stereocenters. The van der Waals surface area contributed by atoms with Crippen molar-refractivity contribution in [1.82, 2.24) is 4.98 Å². The first kappa shape index (κ1) is 15.0. The molecule has 0 saturated carbocycles. The molecule has 0 aromatic carbocycles. The Labute approximate surface area is 110 Å². The Morgan fingerprint density at radius 1 is 1.33 bits per heavy atom. The van der Waals surface area contributed by atoms with Crippen molar-refractivity contribution in [1.29, 1.82) is 0 Å². The van der Waals surface area contributed by atoms with Crippen molar-refractivity contribution in [3.05, 3.63) is 24.0 Å². The number of ether oxygens (including phenoxy) is 1. The van der Waals surface area contributed by atoms with Crippen LogP contribution < -0.4 is 4.74 Å². The summed E-state index contributed by atoms with van der Waals surface area (Å²) < 4.78 is 5.54. The Balaban J connectivity index is 2.82. The second-order valence-electron chi connectivity index (χ2n) is 5.90. The lowest BCUT2D eigenvalue weighted by Crippen LogP contribution is -2.24. The predicted octanol–water partition coefficient (Wildman–Crippen LogP) is 3.59. The molecule has 0 aliphatic carbocycles. The van der Waals surface area contributed by atoms with E-state index in [0.717, 1.165) is 17.7 Å². The normalized spacial score (nSPS) is 15.2. The lowest BCUT2D eigenvalue weighted by Gasteiger charge is -2.31. The molecule has 1 aromatic rings. The third-order valence-electron chi connectivity index (χ3n) is 3.39. The number of aliphatic hydroxyl groups excluding tert-OH is 1. The molecule has 0 fully saturated rings. The first-order valence-electron chi connectivity index (χ1n) is 6.62. The average molecular weight is 251 g/mol. The molecule has 3 heteroatoms. The Morgan fingerprint density at radius 2 is 2.00 bits per heavy atom. The molecule has 18 heavy (non-hydrogen) atoms. The number of hydrogen-bond donors (Lipinski definition) is 1. The third-order valence-corrected chi connectivity index (χ3v) is 3.39. The van der Waals surface area contributed by atoms with Gasteiger partial charge >= 0.3 is 0 Å². The van der Waals surface area contributed by atoms with Gasteiger partial charge in [-0.3, -0.25) is 4.98 Å². The largest absolute Gasteiger partial charge is 0.492 e. The van der Waals surface area contributed by atoms with E-state index < -0.39 is 6.10 Å². The standard InChI is InChI=1S/C15H25NO2/c1-6-7-18-13-8-12(9-16-10-13)14(17)11(2)15(3,4)5/h8-11,14,17H,6-7H2,1-5H3. The number of hydrogen-bond acceptors (Lipinski definition) is 3. The summed E-state index contributed by atoms with van der Waals surface area (Å²) in [5, 5.41) is 10.4. The molecule has 0 bridgehead atoms. The highest BCUT2D eigenvalue weighted by molar-refractivity contribution is 5.25. The van der Waals surface area contributed by atoms with E-state index in [1.807, 2.05) is 6.07 Å². The minimum absolute atomic E-state index is 0.0553. The van der Waals surface area contributed by atoms with E-state index in [0.29, 0.717) is 6.61 Å². The monoisotopic (exact) mass is 251 g/mol. The zero-order valence-electron chi connectivity index (χ0n) is 12.1. The quantitative estimate of drug-likeness (QED) is 0.869. The topological polar surface area (TPSA) is 42.4 Å². The van der Waals surface area contributed by atoms with Crippen LogP contribution in [-0.2, 0) is 0 Å². The van der Waals surface area contributed by atoms with Gasteiger partial charge in [0, 0.05) is 11.8 Å². The van der Waals surface area contributed by atoms with Crippen LogP contribution >= 0.6 is 0 Å². The van der Waals surface area contributed by atoms with E-state index in [2.05, 4.69) is 39.6 Å². The van der Waals surface area contributed by atoms with E-state index in [1.54, 1.807) is 12.4 Å². The summed E-state index contributed by atoms with van der Waals surface area (Å²) in [5.41, 5.74) is 0.880. The summed E-state index contributed by atoms with van der Waals surface area (Å²) in [4.78, 5) is 4.14. The van der Waals surface area contributed by atoms with Crippen molar-refractivity contribution in [2.24, 2.45) is 11.3 Å². The fraction of sp³-hybridized carbons (Fsp3) is 0.667. The first-order chi connectivity index (χ1) is 8.36. The Kier molecular flexibility index (Phi) is 5.15. The van der Waals surface area contributed by atoms with Gasteiger partial charge in [0.2, 0.25) is 0 Å². The molecule has 0 amide bonds. The highest BCUT2D eigenvalue weighted by Crippen LogP contribution is 2.36.